The topological polar surface area (TPSA) is 89.3 Å². The van der Waals surface area contributed by atoms with Gasteiger partial charge >= 0.3 is 0 Å². The number of hydrogen-bond acceptors (Lipinski definition) is 6. The number of aromatic nitrogens is 1. The molecular weight excluding hydrogens is 420 g/mol. The summed E-state index contributed by atoms with van der Waals surface area (Å²) in [6.07, 6.45) is 0. The first-order valence-corrected chi connectivity index (χ1v) is 11.7. The second-order valence-corrected chi connectivity index (χ2v) is 9.45. The number of sulfone groups is 1. The molecular formula is C22H18N2O4S2. The molecule has 0 unspecified atom stereocenters. The summed E-state index contributed by atoms with van der Waals surface area (Å²) in [6.45, 7) is 0.259. The number of carbonyl (C=O) groups is 1. The van der Waals surface area contributed by atoms with E-state index in [0.29, 0.717) is 0 Å². The number of amides is 1. The zero-order valence-corrected chi connectivity index (χ0v) is 17.4. The van der Waals surface area contributed by atoms with Crippen LogP contribution in [0.2, 0.25) is 0 Å². The Hall–Kier alpha value is -3.23. The molecule has 0 saturated carbocycles. The number of rotatable bonds is 7. The van der Waals surface area contributed by atoms with Gasteiger partial charge in [-0.2, -0.15) is 0 Å². The van der Waals surface area contributed by atoms with E-state index in [1.807, 2.05) is 35.7 Å². The lowest BCUT2D eigenvalue weighted by Gasteiger charge is -2.02. The molecule has 1 N–H and O–H groups in total. The zero-order valence-electron chi connectivity index (χ0n) is 15.8. The van der Waals surface area contributed by atoms with Crippen molar-refractivity contribution >= 4 is 27.1 Å². The Bertz CT molecular complexity index is 1250. The third kappa shape index (κ3) is 4.67. The summed E-state index contributed by atoms with van der Waals surface area (Å²) in [5, 5.41) is 5.46. The molecule has 4 aromatic rings. The van der Waals surface area contributed by atoms with Crippen LogP contribution in [-0.4, -0.2) is 19.3 Å². The van der Waals surface area contributed by atoms with Crippen molar-refractivity contribution in [3.8, 4) is 11.3 Å². The quantitative estimate of drug-likeness (QED) is 0.464. The Kier molecular flexibility index (Phi) is 5.78. The molecule has 0 saturated heterocycles. The molecule has 0 aliphatic carbocycles. The lowest BCUT2D eigenvalue weighted by molar-refractivity contribution is 0.0921. The maximum Gasteiger partial charge on any atom is 0.287 e. The number of nitrogens with zero attached hydrogens (tertiary/aromatic N) is 1. The molecule has 6 nitrogen and oxygen atoms in total. The van der Waals surface area contributed by atoms with E-state index >= 15 is 0 Å². The van der Waals surface area contributed by atoms with Crippen LogP contribution >= 0.6 is 11.3 Å². The van der Waals surface area contributed by atoms with Gasteiger partial charge < -0.3 is 9.73 Å². The highest BCUT2D eigenvalue weighted by molar-refractivity contribution is 7.90. The number of nitrogens with one attached hydrogen (secondary N) is 1. The van der Waals surface area contributed by atoms with Crippen LogP contribution in [0.5, 0.6) is 0 Å². The highest BCUT2D eigenvalue weighted by Gasteiger charge is 2.19. The van der Waals surface area contributed by atoms with Crippen LogP contribution in [0.25, 0.3) is 11.3 Å². The number of benzene rings is 2. The van der Waals surface area contributed by atoms with Crippen LogP contribution in [0.3, 0.4) is 0 Å². The summed E-state index contributed by atoms with van der Waals surface area (Å²) >= 11 is 1.46. The van der Waals surface area contributed by atoms with E-state index in [2.05, 4.69) is 10.3 Å². The Morgan fingerprint density at radius 2 is 1.67 bits per heavy atom. The minimum Gasteiger partial charge on any atom is -0.455 e. The van der Waals surface area contributed by atoms with Gasteiger partial charge in [0.15, 0.2) is 15.6 Å². The fraction of sp³-hybridized carbons (Fsp3) is 0.0909. The molecule has 1 amide bonds. The molecule has 0 bridgehead atoms. The number of furan rings is 1. The highest BCUT2D eigenvalue weighted by atomic mass is 32.2. The minimum absolute atomic E-state index is 0.0631. The standard InChI is InChI=1S/C22H18N2O4S2/c25-22(23-13-21-24-19(14-29-21)16-7-3-1-4-8-16)20-12-11-17(28-20)15-30(26,27)18-9-5-2-6-10-18/h1-12,14H,13,15H2,(H,23,25). The molecule has 30 heavy (non-hydrogen) atoms. The second-order valence-electron chi connectivity index (χ2n) is 6.51. The molecule has 2 aromatic heterocycles. The summed E-state index contributed by atoms with van der Waals surface area (Å²) < 4.78 is 30.3. The first-order chi connectivity index (χ1) is 14.5. The van der Waals surface area contributed by atoms with E-state index in [4.69, 9.17) is 4.42 Å². The fourth-order valence-electron chi connectivity index (χ4n) is 2.85. The van der Waals surface area contributed by atoms with Gasteiger partial charge in [0.1, 0.15) is 16.5 Å². The molecule has 0 fully saturated rings. The summed E-state index contributed by atoms with van der Waals surface area (Å²) in [5.41, 5.74) is 1.87. The molecule has 152 valence electrons. The molecule has 8 heteroatoms. The highest BCUT2D eigenvalue weighted by Crippen LogP contribution is 2.22. The molecule has 0 spiro atoms. The van der Waals surface area contributed by atoms with Crippen molar-refractivity contribution in [2.24, 2.45) is 0 Å². The smallest absolute Gasteiger partial charge is 0.287 e. The lowest BCUT2D eigenvalue weighted by atomic mass is 10.2. The molecule has 2 heterocycles. The lowest BCUT2D eigenvalue weighted by Crippen LogP contribution is -2.22. The third-order valence-electron chi connectivity index (χ3n) is 4.34. The van der Waals surface area contributed by atoms with Gasteiger partial charge in [-0.05, 0) is 24.3 Å². The molecule has 2 aromatic carbocycles. The van der Waals surface area contributed by atoms with Crippen LogP contribution in [0.4, 0.5) is 0 Å². The van der Waals surface area contributed by atoms with Crippen molar-refractivity contribution < 1.29 is 17.6 Å². The van der Waals surface area contributed by atoms with Gasteiger partial charge in [-0.25, -0.2) is 13.4 Å². The van der Waals surface area contributed by atoms with Crippen LogP contribution < -0.4 is 5.32 Å². The van der Waals surface area contributed by atoms with Crippen LogP contribution in [0, 0.1) is 0 Å². The monoisotopic (exact) mass is 438 g/mol. The molecule has 4 rings (SSSR count). The van der Waals surface area contributed by atoms with Gasteiger partial charge in [0.05, 0.1) is 17.1 Å². The Morgan fingerprint density at radius 1 is 0.967 bits per heavy atom. The van der Waals surface area contributed by atoms with Gasteiger partial charge in [0.2, 0.25) is 0 Å². The van der Waals surface area contributed by atoms with E-state index < -0.39 is 15.7 Å². The summed E-state index contributed by atoms with van der Waals surface area (Å²) in [5.74, 6) is -0.454. The van der Waals surface area contributed by atoms with Crippen molar-refractivity contribution in [2.45, 2.75) is 17.2 Å². The first kappa shape index (κ1) is 20.1. The Morgan fingerprint density at radius 3 is 2.40 bits per heavy atom. The van der Waals surface area contributed by atoms with Crippen LogP contribution in [0.1, 0.15) is 21.3 Å². The number of hydrogen-bond donors (Lipinski definition) is 1. The number of thiazole rings is 1. The van der Waals surface area contributed by atoms with Crippen molar-refractivity contribution in [2.75, 3.05) is 0 Å². The minimum atomic E-state index is -3.54. The van der Waals surface area contributed by atoms with Crippen molar-refractivity contribution in [3.05, 3.63) is 94.7 Å². The van der Waals surface area contributed by atoms with Crippen LogP contribution in [-0.2, 0) is 22.1 Å². The van der Waals surface area contributed by atoms with Crippen LogP contribution in [0.15, 0.2) is 87.5 Å². The van der Waals surface area contributed by atoms with E-state index in [0.717, 1.165) is 16.3 Å². The maximum atomic E-state index is 12.4. The van der Waals surface area contributed by atoms with Gasteiger partial charge in [0.25, 0.3) is 5.91 Å². The van der Waals surface area contributed by atoms with Gasteiger partial charge in [-0.15, -0.1) is 11.3 Å². The van der Waals surface area contributed by atoms with Crippen molar-refractivity contribution in [1.82, 2.24) is 10.3 Å². The average molecular weight is 439 g/mol. The van der Waals surface area contributed by atoms with Gasteiger partial charge in [0, 0.05) is 10.9 Å². The summed E-state index contributed by atoms with van der Waals surface area (Å²) in [4.78, 5) is 17.1. The predicted octanol–water partition coefficient (Wildman–Crippen LogP) is 4.31. The van der Waals surface area contributed by atoms with Gasteiger partial charge in [-0.1, -0.05) is 48.5 Å². The molecule has 0 aliphatic heterocycles. The molecule has 0 atom stereocenters. The average Bonchev–Trinajstić information content (AvgIpc) is 3.43. The maximum absolute atomic E-state index is 12.4. The predicted molar refractivity (Wildman–Crippen MR) is 115 cm³/mol. The van der Waals surface area contributed by atoms with E-state index in [1.165, 1.54) is 35.6 Å². The first-order valence-electron chi connectivity index (χ1n) is 9.16. The van der Waals surface area contributed by atoms with Crippen molar-refractivity contribution in [3.63, 3.8) is 0 Å². The van der Waals surface area contributed by atoms with Crippen molar-refractivity contribution in [1.29, 1.82) is 0 Å². The zero-order chi connectivity index (χ0) is 21.0. The Balaban J connectivity index is 1.37. The van der Waals surface area contributed by atoms with E-state index in [-0.39, 0.29) is 28.7 Å². The number of carbonyl (C=O) groups excluding carboxylic acids is 1. The van der Waals surface area contributed by atoms with E-state index in [9.17, 15) is 13.2 Å². The van der Waals surface area contributed by atoms with Gasteiger partial charge in [-0.3, -0.25) is 4.79 Å². The summed E-state index contributed by atoms with van der Waals surface area (Å²) in [6, 6.07) is 20.9. The second kappa shape index (κ2) is 8.64. The molecule has 0 aliphatic rings. The molecule has 0 radical (unpaired) electrons. The normalized spacial score (nSPS) is 11.3. The third-order valence-corrected chi connectivity index (χ3v) is 6.85. The van der Waals surface area contributed by atoms with E-state index in [1.54, 1.807) is 18.2 Å². The Labute approximate surface area is 178 Å². The SMILES string of the molecule is O=C(NCc1nc(-c2ccccc2)cs1)c1ccc(CS(=O)(=O)c2ccccc2)o1. The summed E-state index contributed by atoms with van der Waals surface area (Å²) in [7, 11) is -3.54. The fourth-order valence-corrected chi connectivity index (χ4v) is 4.86. The largest absolute Gasteiger partial charge is 0.455 e.